The van der Waals surface area contributed by atoms with Gasteiger partial charge in [-0.3, -0.25) is 9.59 Å². The highest BCUT2D eigenvalue weighted by atomic mass is 16.3. The molecule has 1 aliphatic rings. The Morgan fingerprint density at radius 2 is 1.67 bits per heavy atom. The Kier molecular flexibility index (Phi) is 10.4. The van der Waals surface area contributed by atoms with Crippen LogP contribution in [0, 0.1) is 6.92 Å². The van der Waals surface area contributed by atoms with Crippen LogP contribution in [0.5, 0.6) is 0 Å². The maximum Gasteiger partial charge on any atom is 0.290 e. The summed E-state index contributed by atoms with van der Waals surface area (Å²) in [6, 6.07) is 8.70. The number of carbonyl (C=O) groups is 2. The lowest BCUT2D eigenvalue weighted by atomic mass is 10.0. The van der Waals surface area contributed by atoms with Gasteiger partial charge in [0.15, 0.2) is 5.82 Å². The average Bonchev–Trinajstić information content (AvgIpc) is 2.67. The van der Waals surface area contributed by atoms with E-state index in [0.717, 1.165) is 54.8 Å². The van der Waals surface area contributed by atoms with Gasteiger partial charge in [0, 0.05) is 36.4 Å². The zero-order chi connectivity index (χ0) is 20.1. The Bertz CT molecular complexity index is 699. The first-order chi connectivity index (χ1) is 13.1. The van der Waals surface area contributed by atoms with Gasteiger partial charge in [-0.2, -0.15) is 5.10 Å². The molecule has 3 rings (SSSR count). The van der Waals surface area contributed by atoms with E-state index in [2.05, 4.69) is 32.5 Å². The Hall–Kier alpha value is -2.78. The van der Waals surface area contributed by atoms with E-state index < -0.39 is 0 Å². The fourth-order valence-corrected chi connectivity index (χ4v) is 2.98. The number of piperidine rings is 1. The Morgan fingerprint density at radius 1 is 1.11 bits per heavy atom. The normalized spacial score (nSPS) is 14.3. The number of likely N-dealkylation sites (tertiary alicyclic amines) is 1. The molecule has 0 amide bonds. The van der Waals surface area contributed by atoms with Gasteiger partial charge < -0.3 is 25.5 Å². The minimum atomic E-state index is -0.250. The molecule has 0 radical (unpaired) electrons. The minimum Gasteiger partial charge on any atom is -0.483 e. The number of fused-ring (bicyclic) bond motifs is 1. The highest BCUT2D eigenvalue weighted by molar-refractivity contribution is 5.92. The minimum absolute atomic E-state index is 0.242. The van der Waals surface area contributed by atoms with Crippen molar-refractivity contribution in [3.8, 4) is 0 Å². The van der Waals surface area contributed by atoms with Crippen LogP contribution >= 0.6 is 0 Å². The lowest BCUT2D eigenvalue weighted by Crippen LogP contribution is -2.40. The number of aliphatic hydroxyl groups is 1. The SMILES string of the molecule is Cc1nnc(NC2CCN(CCO)CC2)c2ccccc12.O=CO.O=CO. The molecule has 0 bridgehead atoms. The van der Waals surface area contributed by atoms with Crippen LogP contribution < -0.4 is 5.32 Å². The van der Waals surface area contributed by atoms with Gasteiger partial charge in [0.05, 0.1) is 12.3 Å². The lowest BCUT2D eigenvalue weighted by Gasteiger charge is -2.32. The van der Waals surface area contributed by atoms with E-state index in [1.165, 1.54) is 0 Å². The molecule has 27 heavy (non-hydrogen) atoms. The number of hydrogen-bond donors (Lipinski definition) is 4. The highest BCUT2D eigenvalue weighted by Crippen LogP contribution is 2.24. The van der Waals surface area contributed by atoms with E-state index >= 15 is 0 Å². The Labute approximate surface area is 157 Å². The van der Waals surface area contributed by atoms with Crippen molar-refractivity contribution in [3.05, 3.63) is 30.0 Å². The van der Waals surface area contributed by atoms with Crippen molar-refractivity contribution in [2.75, 3.05) is 31.6 Å². The van der Waals surface area contributed by atoms with Crippen molar-refractivity contribution in [1.82, 2.24) is 15.1 Å². The van der Waals surface area contributed by atoms with Crippen LogP contribution in [-0.4, -0.2) is 75.6 Å². The summed E-state index contributed by atoms with van der Waals surface area (Å²) in [6.45, 7) is 4.56. The van der Waals surface area contributed by atoms with Crippen LogP contribution in [0.4, 0.5) is 5.82 Å². The first-order valence-electron chi connectivity index (χ1n) is 8.58. The number of aliphatic hydroxyl groups excluding tert-OH is 1. The van der Waals surface area contributed by atoms with Gasteiger partial charge in [0.2, 0.25) is 0 Å². The third-order valence-corrected chi connectivity index (χ3v) is 4.22. The summed E-state index contributed by atoms with van der Waals surface area (Å²) in [7, 11) is 0. The van der Waals surface area contributed by atoms with E-state index in [0.29, 0.717) is 6.04 Å². The van der Waals surface area contributed by atoms with Crippen molar-refractivity contribution in [2.45, 2.75) is 25.8 Å². The highest BCUT2D eigenvalue weighted by Gasteiger charge is 2.19. The van der Waals surface area contributed by atoms with Gasteiger partial charge in [0.25, 0.3) is 12.9 Å². The Balaban J connectivity index is 0.000000540. The molecule has 9 nitrogen and oxygen atoms in total. The standard InChI is InChI=1S/C16H22N4O.2CH2O2/c1-12-14-4-2-3-5-15(14)16(19-18-12)17-13-6-8-20(9-7-13)10-11-21;2*2-1-3/h2-5,13,21H,6-11H2,1H3,(H,17,19);2*1H,(H,2,3). The summed E-state index contributed by atoms with van der Waals surface area (Å²) in [5.74, 6) is 0.886. The maximum atomic E-state index is 8.99. The number of carboxylic acid groups (broad SMARTS) is 2. The smallest absolute Gasteiger partial charge is 0.290 e. The number of β-amino-alcohol motifs (C(OH)–C–C–N with tert-alkyl or cyclic N) is 1. The summed E-state index contributed by atoms with van der Waals surface area (Å²) in [6.07, 6.45) is 2.15. The van der Waals surface area contributed by atoms with Crippen molar-refractivity contribution in [2.24, 2.45) is 0 Å². The lowest BCUT2D eigenvalue weighted by molar-refractivity contribution is -0.123. The summed E-state index contributed by atoms with van der Waals surface area (Å²) >= 11 is 0. The van der Waals surface area contributed by atoms with Gasteiger partial charge in [-0.25, -0.2) is 0 Å². The molecule has 1 aromatic carbocycles. The summed E-state index contributed by atoms with van der Waals surface area (Å²) in [5.41, 5.74) is 0.967. The first-order valence-corrected chi connectivity index (χ1v) is 8.58. The quantitative estimate of drug-likeness (QED) is 0.579. The topological polar surface area (TPSA) is 136 Å². The number of benzene rings is 1. The molecule has 148 valence electrons. The third kappa shape index (κ3) is 7.16. The molecule has 0 aliphatic carbocycles. The predicted molar refractivity (Wildman–Crippen MR) is 102 cm³/mol. The van der Waals surface area contributed by atoms with E-state index in [1.807, 2.05) is 19.1 Å². The largest absolute Gasteiger partial charge is 0.483 e. The summed E-state index contributed by atoms with van der Waals surface area (Å²) in [5, 5.41) is 37.2. The Morgan fingerprint density at radius 3 is 2.22 bits per heavy atom. The molecule has 1 fully saturated rings. The number of rotatable bonds is 4. The van der Waals surface area contributed by atoms with Crippen LogP contribution in [0.1, 0.15) is 18.5 Å². The van der Waals surface area contributed by atoms with E-state index in [-0.39, 0.29) is 19.6 Å². The van der Waals surface area contributed by atoms with Crippen LogP contribution in [-0.2, 0) is 9.59 Å². The number of aryl methyl sites for hydroxylation is 1. The summed E-state index contributed by atoms with van der Waals surface area (Å²) in [4.78, 5) is 19.0. The molecular formula is C18H26N4O5. The number of nitrogens with one attached hydrogen (secondary N) is 1. The van der Waals surface area contributed by atoms with Gasteiger partial charge in [-0.15, -0.1) is 5.10 Å². The van der Waals surface area contributed by atoms with E-state index in [1.54, 1.807) is 0 Å². The van der Waals surface area contributed by atoms with Crippen molar-refractivity contribution in [3.63, 3.8) is 0 Å². The third-order valence-electron chi connectivity index (χ3n) is 4.22. The van der Waals surface area contributed by atoms with Crippen LogP contribution in [0.15, 0.2) is 24.3 Å². The fourth-order valence-electron chi connectivity index (χ4n) is 2.98. The second-order valence-corrected chi connectivity index (χ2v) is 5.87. The molecule has 2 aromatic rings. The molecule has 0 saturated carbocycles. The molecule has 2 heterocycles. The van der Waals surface area contributed by atoms with E-state index in [9.17, 15) is 0 Å². The van der Waals surface area contributed by atoms with Gasteiger partial charge in [-0.1, -0.05) is 24.3 Å². The molecule has 1 aliphatic heterocycles. The molecule has 4 N–H and O–H groups in total. The van der Waals surface area contributed by atoms with Gasteiger partial charge >= 0.3 is 0 Å². The average molecular weight is 378 g/mol. The van der Waals surface area contributed by atoms with Crippen LogP contribution in [0.3, 0.4) is 0 Å². The van der Waals surface area contributed by atoms with Gasteiger partial charge in [-0.05, 0) is 19.8 Å². The molecule has 0 unspecified atom stereocenters. The van der Waals surface area contributed by atoms with Crippen molar-refractivity contribution in [1.29, 1.82) is 0 Å². The van der Waals surface area contributed by atoms with Gasteiger partial charge in [0.1, 0.15) is 0 Å². The van der Waals surface area contributed by atoms with Crippen LogP contribution in [0.25, 0.3) is 10.8 Å². The van der Waals surface area contributed by atoms with Crippen molar-refractivity contribution >= 4 is 29.5 Å². The molecule has 0 spiro atoms. The maximum absolute atomic E-state index is 8.99. The first kappa shape index (κ1) is 22.3. The molecule has 9 heteroatoms. The monoisotopic (exact) mass is 378 g/mol. The zero-order valence-corrected chi connectivity index (χ0v) is 15.3. The molecule has 1 saturated heterocycles. The van der Waals surface area contributed by atoms with Crippen molar-refractivity contribution < 1.29 is 24.9 Å². The number of aromatic nitrogens is 2. The fraction of sp³-hybridized carbons (Fsp3) is 0.444. The summed E-state index contributed by atoms with van der Waals surface area (Å²) < 4.78 is 0. The molecular weight excluding hydrogens is 352 g/mol. The number of nitrogens with zero attached hydrogens (tertiary/aromatic N) is 3. The number of anilines is 1. The second kappa shape index (κ2) is 12.6. The van der Waals surface area contributed by atoms with E-state index in [4.69, 9.17) is 24.9 Å². The number of hydrogen-bond acceptors (Lipinski definition) is 7. The zero-order valence-electron chi connectivity index (χ0n) is 15.3. The van der Waals surface area contributed by atoms with Crippen LogP contribution in [0.2, 0.25) is 0 Å². The molecule has 1 aromatic heterocycles. The molecule has 0 atom stereocenters. The second-order valence-electron chi connectivity index (χ2n) is 5.87. The predicted octanol–water partition coefficient (Wildman–Crippen LogP) is 1.21.